The lowest BCUT2D eigenvalue weighted by atomic mass is 10.3. The number of amides is 1. The molecule has 2 aromatic heterocycles. The van der Waals surface area contributed by atoms with Gasteiger partial charge in [-0.2, -0.15) is 0 Å². The first-order valence-corrected chi connectivity index (χ1v) is 9.72. The van der Waals surface area contributed by atoms with Gasteiger partial charge in [0.1, 0.15) is 10.6 Å². The van der Waals surface area contributed by atoms with Crippen LogP contribution in [0.4, 0.5) is 0 Å². The van der Waals surface area contributed by atoms with Crippen LogP contribution in [0.15, 0.2) is 34.7 Å². The molecule has 0 aliphatic heterocycles. The quantitative estimate of drug-likeness (QED) is 0.688. The van der Waals surface area contributed by atoms with E-state index in [0.29, 0.717) is 6.54 Å². The van der Waals surface area contributed by atoms with Gasteiger partial charge in [0, 0.05) is 18.1 Å². The number of sulfonamides is 1. The van der Waals surface area contributed by atoms with Crippen LogP contribution in [0.1, 0.15) is 22.3 Å². The molecule has 2 rings (SSSR count). The maximum absolute atomic E-state index is 12.2. The average molecular weight is 385 g/mol. The Balaban J connectivity index is 2.00. The Morgan fingerprint density at radius 3 is 2.72 bits per heavy atom. The van der Waals surface area contributed by atoms with Crippen LogP contribution in [0.2, 0.25) is 0 Å². The molecule has 0 saturated heterocycles. The molecule has 25 heavy (non-hydrogen) atoms. The van der Waals surface area contributed by atoms with E-state index in [1.54, 1.807) is 0 Å². The summed E-state index contributed by atoms with van der Waals surface area (Å²) in [6, 6.07) is 4.96. The van der Waals surface area contributed by atoms with Crippen molar-refractivity contribution in [3.63, 3.8) is 0 Å². The standard InChI is InChI=1S/C15H19N3O5S2/c1-10(14(19)17-8-11-5-4-6-24-11)23-15(20)13-7-12(9-18(13)3)25(21,22)16-2/h4-7,9-10,16H,8H2,1-3H3,(H,17,19). The molecule has 0 spiro atoms. The molecule has 1 amide bonds. The summed E-state index contributed by atoms with van der Waals surface area (Å²) >= 11 is 1.51. The molecule has 0 bridgehead atoms. The van der Waals surface area contributed by atoms with Crippen molar-refractivity contribution in [3.05, 3.63) is 40.3 Å². The van der Waals surface area contributed by atoms with Crippen LogP contribution in [-0.4, -0.2) is 38.0 Å². The summed E-state index contributed by atoms with van der Waals surface area (Å²) in [4.78, 5) is 25.1. The van der Waals surface area contributed by atoms with Crippen LogP contribution in [0.5, 0.6) is 0 Å². The fourth-order valence-corrected chi connectivity index (χ4v) is 3.45. The zero-order valence-corrected chi connectivity index (χ0v) is 15.6. The highest BCUT2D eigenvalue weighted by Crippen LogP contribution is 2.15. The van der Waals surface area contributed by atoms with Crippen molar-refractivity contribution in [3.8, 4) is 0 Å². The third-order valence-electron chi connectivity index (χ3n) is 3.44. The number of rotatable bonds is 7. The van der Waals surface area contributed by atoms with Gasteiger partial charge in [-0.05, 0) is 31.5 Å². The summed E-state index contributed by atoms with van der Waals surface area (Å²) in [6.45, 7) is 1.81. The number of aromatic nitrogens is 1. The molecular weight excluding hydrogens is 366 g/mol. The second kappa shape index (κ2) is 7.81. The lowest BCUT2D eigenvalue weighted by Crippen LogP contribution is -2.35. The van der Waals surface area contributed by atoms with Crippen molar-refractivity contribution < 1.29 is 22.7 Å². The van der Waals surface area contributed by atoms with Crippen LogP contribution in [-0.2, 0) is 33.1 Å². The smallest absolute Gasteiger partial charge is 0.355 e. The first-order chi connectivity index (χ1) is 11.7. The number of nitrogens with one attached hydrogen (secondary N) is 2. The normalized spacial score (nSPS) is 12.6. The van der Waals surface area contributed by atoms with E-state index in [1.807, 2.05) is 17.5 Å². The van der Waals surface area contributed by atoms with Gasteiger partial charge in [-0.1, -0.05) is 6.07 Å². The third kappa shape index (κ3) is 4.68. The molecule has 0 saturated carbocycles. The lowest BCUT2D eigenvalue weighted by molar-refractivity contribution is -0.129. The molecule has 0 fully saturated rings. The Kier molecular flexibility index (Phi) is 5.98. The van der Waals surface area contributed by atoms with E-state index in [9.17, 15) is 18.0 Å². The molecular formula is C15H19N3O5S2. The monoisotopic (exact) mass is 385 g/mol. The second-order valence-corrected chi connectivity index (χ2v) is 8.14. The molecule has 0 aliphatic rings. The van der Waals surface area contributed by atoms with E-state index in [-0.39, 0.29) is 10.6 Å². The largest absolute Gasteiger partial charge is 0.448 e. The number of carbonyl (C=O) groups excluding carboxylic acids is 2. The lowest BCUT2D eigenvalue weighted by Gasteiger charge is -2.13. The Hall–Kier alpha value is -2.17. The Morgan fingerprint density at radius 1 is 1.40 bits per heavy atom. The second-order valence-electron chi connectivity index (χ2n) is 5.22. The molecule has 0 aliphatic carbocycles. The van der Waals surface area contributed by atoms with Crippen LogP contribution < -0.4 is 10.0 Å². The number of ether oxygens (including phenoxy) is 1. The summed E-state index contributed by atoms with van der Waals surface area (Å²) in [5.74, 6) is -1.21. The van der Waals surface area contributed by atoms with Crippen molar-refractivity contribution in [1.29, 1.82) is 0 Å². The number of hydrogen-bond donors (Lipinski definition) is 2. The van der Waals surface area contributed by atoms with Gasteiger partial charge < -0.3 is 14.6 Å². The fraction of sp³-hybridized carbons (Fsp3) is 0.333. The van der Waals surface area contributed by atoms with Crippen LogP contribution in [0.25, 0.3) is 0 Å². The van der Waals surface area contributed by atoms with Crippen molar-refractivity contribution in [2.75, 3.05) is 7.05 Å². The van der Waals surface area contributed by atoms with Gasteiger partial charge >= 0.3 is 5.97 Å². The van der Waals surface area contributed by atoms with Crippen LogP contribution in [0.3, 0.4) is 0 Å². The van der Waals surface area contributed by atoms with E-state index in [4.69, 9.17) is 4.74 Å². The van der Waals surface area contributed by atoms with Crippen LogP contribution in [0, 0.1) is 0 Å². The Bertz CT molecular complexity index is 856. The molecule has 2 heterocycles. The predicted octanol–water partition coefficient (Wildman–Crippen LogP) is 0.856. The maximum Gasteiger partial charge on any atom is 0.355 e. The van der Waals surface area contributed by atoms with E-state index in [1.165, 1.54) is 49.2 Å². The summed E-state index contributed by atoms with van der Waals surface area (Å²) in [5.41, 5.74) is 0.0340. The van der Waals surface area contributed by atoms with Crippen LogP contribution >= 0.6 is 11.3 Å². The Morgan fingerprint density at radius 2 is 2.12 bits per heavy atom. The molecule has 10 heteroatoms. The predicted molar refractivity (Wildman–Crippen MR) is 92.7 cm³/mol. The average Bonchev–Trinajstić information content (AvgIpc) is 3.22. The van der Waals surface area contributed by atoms with Gasteiger partial charge in [0.2, 0.25) is 10.0 Å². The first-order valence-electron chi connectivity index (χ1n) is 7.35. The fourth-order valence-electron chi connectivity index (χ4n) is 2.01. The van der Waals surface area contributed by atoms with E-state index >= 15 is 0 Å². The van der Waals surface area contributed by atoms with Crippen molar-refractivity contribution >= 4 is 33.2 Å². The van der Waals surface area contributed by atoms with Gasteiger partial charge in [-0.25, -0.2) is 17.9 Å². The highest BCUT2D eigenvalue weighted by molar-refractivity contribution is 7.89. The maximum atomic E-state index is 12.2. The highest BCUT2D eigenvalue weighted by Gasteiger charge is 2.23. The highest BCUT2D eigenvalue weighted by atomic mass is 32.2. The summed E-state index contributed by atoms with van der Waals surface area (Å²) < 4.78 is 32.2. The van der Waals surface area contributed by atoms with Gasteiger partial charge in [0.15, 0.2) is 6.10 Å². The number of thiophene rings is 1. The SMILES string of the molecule is CNS(=O)(=O)c1cc(C(=O)OC(C)C(=O)NCc2cccs2)n(C)c1. The number of carbonyl (C=O) groups is 2. The number of esters is 1. The minimum absolute atomic E-state index is 0.0340. The Labute approximate surface area is 149 Å². The number of hydrogen-bond acceptors (Lipinski definition) is 6. The van der Waals surface area contributed by atoms with E-state index in [2.05, 4.69) is 10.0 Å². The summed E-state index contributed by atoms with van der Waals surface area (Å²) in [6.07, 6.45) is 0.288. The molecule has 136 valence electrons. The minimum Gasteiger partial charge on any atom is -0.448 e. The third-order valence-corrected chi connectivity index (χ3v) is 5.70. The molecule has 1 atom stereocenters. The number of nitrogens with zero attached hydrogens (tertiary/aromatic N) is 1. The molecule has 1 unspecified atom stereocenters. The summed E-state index contributed by atoms with van der Waals surface area (Å²) in [5, 5.41) is 4.58. The molecule has 8 nitrogen and oxygen atoms in total. The van der Waals surface area contributed by atoms with E-state index in [0.717, 1.165) is 4.88 Å². The van der Waals surface area contributed by atoms with Gasteiger partial charge in [-0.3, -0.25) is 4.79 Å². The number of aryl methyl sites for hydroxylation is 1. The molecule has 0 aromatic carbocycles. The molecule has 2 aromatic rings. The van der Waals surface area contributed by atoms with Crippen molar-refractivity contribution in [2.24, 2.45) is 7.05 Å². The van der Waals surface area contributed by atoms with Crippen molar-refractivity contribution in [2.45, 2.75) is 24.5 Å². The van der Waals surface area contributed by atoms with Gasteiger partial charge in [0.05, 0.1) is 6.54 Å². The topological polar surface area (TPSA) is 106 Å². The first kappa shape index (κ1) is 19.2. The minimum atomic E-state index is -3.67. The van der Waals surface area contributed by atoms with Gasteiger partial charge in [0.25, 0.3) is 5.91 Å². The molecule has 0 radical (unpaired) electrons. The van der Waals surface area contributed by atoms with E-state index < -0.39 is 28.0 Å². The molecule has 2 N–H and O–H groups in total. The van der Waals surface area contributed by atoms with Gasteiger partial charge in [-0.15, -0.1) is 11.3 Å². The zero-order valence-electron chi connectivity index (χ0n) is 14.0. The van der Waals surface area contributed by atoms with Crippen molar-refractivity contribution in [1.82, 2.24) is 14.6 Å². The summed E-state index contributed by atoms with van der Waals surface area (Å²) in [7, 11) is -0.870. The zero-order chi connectivity index (χ0) is 18.6.